The summed E-state index contributed by atoms with van der Waals surface area (Å²) in [6.07, 6.45) is 0.870. The minimum absolute atomic E-state index is 0.236. The maximum Gasteiger partial charge on any atom is 0.344 e. The minimum Gasteiger partial charge on any atom is -0.462 e. The van der Waals surface area contributed by atoms with Crippen molar-refractivity contribution in [3.63, 3.8) is 0 Å². The lowest BCUT2D eigenvalue weighted by molar-refractivity contribution is 0.0484. The lowest BCUT2D eigenvalue weighted by atomic mass is 10.1. The summed E-state index contributed by atoms with van der Waals surface area (Å²) in [6, 6.07) is 1.32. The molecule has 0 saturated carbocycles. The number of hydrogen-bond donors (Lipinski definition) is 0. The molecule has 10 heteroatoms. The lowest BCUT2D eigenvalue weighted by Crippen LogP contribution is -2.38. The summed E-state index contributed by atoms with van der Waals surface area (Å²) in [5.41, 5.74) is -1.59. The molecule has 0 saturated heterocycles. The highest BCUT2D eigenvalue weighted by Crippen LogP contribution is 2.24. The monoisotopic (exact) mass is 386 g/mol. The van der Waals surface area contributed by atoms with Crippen LogP contribution in [0.5, 0.6) is 0 Å². The zero-order chi connectivity index (χ0) is 19.2. The van der Waals surface area contributed by atoms with E-state index < -0.39 is 49.2 Å². The van der Waals surface area contributed by atoms with Crippen LogP contribution in [0.4, 0.5) is 22.0 Å². The van der Waals surface area contributed by atoms with Crippen molar-refractivity contribution in [1.82, 2.24) is 0 Å². The quantitative estimate of drug-likeness (QED) is 0.160. The molecule has 25 heavy (non-hydrogen) atoms. The Bertz CT molecular complexity index is 585. The van der Waals surface area contributed by atoms with Gasteiger partial charge >= 0.3 is 14.5 Å². The Labute approximate surface area is 143 Å². The molecule has 1 rings (SSSR count). The van der Waals surface area contributed by atoms with Crippen molar-refractivity contribution in [3.8, 4) is 0 Å². The van der Waals surface area contributed by atoms with Crippen molar-refractivity contribution < 1.29 is 40.3 Å². The maximum atomic E-state index is 13.5. The molecule has 4 nitrogen and oxygen atoms in total. The van der Waals surface area contributed by atoms with Gasteiger partial charge in [-0.1, -0.05) is 6.92 Å². The second-order valence-corrected chi connectivity index (χ2v) is 9.06. The van der Waals surface area contributed by atoms with E-state index in [9.17, 15) is 26.7 Å². The second kappa shape index (κ2) is 9.25. The van der Waals surface area contributed by atoms with E-state index in [2.05, 4.69) is 4.74 Å². The first-order valence-corrected chi connectivity index (χ1v) is 9.76. The number of hydrogen-bond acceptors (Lipinski definition) is 4. The van der Waals surface area contributed by atoms with Gasteiger partial charge in [-0.05, 0) is 24.9 Å². The molecule has 0 aliphatic carbocycles. The fourth-order valence-electron chi connectivity index (χ4n) is 2.27. The molecule has 1 aromatic rings. The lowest BCUT2D eigenvalue weighted by Gasteiger charge is -2.25. The highest BCUT2D eigenvalue weighted by Gasteiger charge is 2.33. The summed E-state index contributed by atoms with van der Waals surface area (Å²) in [4.78, 5) is 11.6. The smallest absolute Gasteiger partial charge is 0.344 e. The van der Waals surface area contributed by atoms with Crippen LogP contribution in [-0.2, 0) is 13.6 Å². The first-order valence-electron chi connectivity index (χ1n) is 7.53. The van der Waals surface area contributed by atoms with Crippen LogP contribution in [0.2, 0.25) is 12.1 Å². The van der Waals surface area contributed by atoms with Crippen molar-refractivity contribution in [2.45, 2.75) is 31.9 Å². The van der Waals surface area contributed by atoms with Gasteiger partial charge < -0.3 is 13.6 Å². The fraction of sp³-hybridized carbons (Fsp3) is 0.533. The Morgan fingerprint density at radius 2 is 1.36 bits per heavy atom. The van der Waals surface area contributed by atoms with Gasteiger partial charge in [0.05, 0.1) is 6.61 Å². The summed E-state index contributed by atoms with van der Waals surface area (Å²) >= 11 is 0. The zero-order valence-corrected chi connectivity index (χ0v) is 15.1. The number of unbranched alkanes of at least 4 members (excludes halogenated alkanes) is 1. The number of ether oxygens (including phenoxy) is 1. The number of rotatable bonds is 9. The fourth-order valence-corrected chi connectivity index (χ4v) is 4.56. The van der Waals surface area contributed by atoms with Gasteiger partial charge in [0.15, 0.2) is 23.3 Å². The number of halogens is 5. The molecule has 0 atom stereocenters. The molecule has 0 heterocycles. The molecule has 0 bridgehead atoms. The first kappa shape index (κ1) is 21.5. The first-order chi connectivity index (χ1) is 11.7. The second-order valence-electron chi connectivity index (χ2n) is 5.21. The van der Waals surface area contributed by atoms with Gasteiger partial charge in [-0.25, -0.2) is 26.7 Å². The van der Waals surface area contributed by atoms with Crippen LogP contribution in [0.15, 0.2) is 0 Å². The normalized spacial score (nSPS) is 11.7. The average Bonchev–Trinajstić information content (AvgIpc) is 2.62. The van der Waals surface area contributed by atoms with E-state index in [0.717, 1.165) is 0 Å². The number of benzene rings is 1. The SMILES string of the molecule is CC[Si](CCCCOC(=O)c1c(F)c(F)c(F)c(F)c1F)(OC)OC. The van der Waals surface area contributed by atoms with E-state index in [-0.39, 0.29) is 6.61 Å². The Kier molecular flexibility index (Phi) is 7.96. The van der Waals surface area contributed by atoms with E-state index in [1.807, 2.05) is 6.92 Å². The Hall–Kier alpha value is -1.52. The van der Waals surface area contributed by atoms with Crippen LogP contribution >= 0.6 is 0 Å². The molecule has 0 radical (unpaired) electrons. The van der Waals surface area contributed by atoms with Crippen molar-refractivity contribution in [3.05, 3.63) is 34.6 Å². The van der Waals surface area contributed by atoms with Gasteiger partial charge in [-0.3, -0.25) is 0 Å². The largest absolute Gasteiger partial charge is 0.462 e. The van der Waals surface area contributed by atoms with Crippen LogP contribution in [0.1, 0.15) is 30.1 Å². The average molecular weight is 386 g/mol. The number of esters is 1. The summed E-state index contributed by atoms with van der Waals surface area (Å²) in [5, 5.41) is 0. The standard InChI is InChI=1S/C15H19F5O4Si/c1-4-25(22-2,23-3)8-6-5-7-24-15(21)9-10(16)12(18)14(20)13(19)11(9)17/h4-8H2,1-3H3. The van der Waals surface area contributed by atoms with Crippen molar-refractivity contribution >= 4 is 14.5 Å². The van der Waals surface area contributed by atoms with Crippen LogP contribution in [0.3, 0.4) is 0 Å². The van der Waals surface area contributed by atoms with Crippen molar-refractivity contribution in [2.24, 2.45) is 0 Å². The molecule has 0 fully saturated rings. The molecule has 0 aliphatic heterocycles. The summed E-state index contributed by atoms with van der Waals surface area (Å²) in [5.74, 6) is -12.7. The van der Waals surface area contributed by atoms with Crippen LogP contribution < -0.4 is 0 Å². The van der Waals surface area contributed by atoms with E-state index in [4.69, 9.17) is 8.85 Å². The highest BCUT2D eigenvalue weighted by atomic mass is 28.4. The molecule has 0 N–H and O–H groups in total. The van der Waals surface area contributed by atoms with Gasteiger partial charge in [-0.15, -0.1) is 0 Å². The Morgan fingerprint density at radius 1 is 0.880 bits per heavy atom. The summed E-state index contributed by atoms with van der Waals surface area (Å²) in [7, 11) is 0.789. The van der Waals surface area contributed by atoms with Gasteiger partial charge in [0.1, 0.15) is 5.56 Å². The van der Waals surface area contributed by atoms with E-state index in [1.165, 1.54) is 0 Å². The molecule has 0 aromatic heterocycles. The molecular formula is C15H19F5O4Si. The molecular weight excluding hydrogens is 367 g/mol. The van der Waals surface area contributed by atoms with Crippen molar-refractivity contribution in [1.29, 1.82) is 0 Å². The number of carbonyl (C=O) groups excluding carboxylic acids is 1. The maximum absolute atomic E-state index is 13.5. The third-order valence-electron chi connectivity index (χ3n) is 3.88. The third-order valence-corrected chi connectivity index (χ3v) is 7.56. The van der Waals surface area contributed by atoms with E-state index >= 15 is 0 Å². The summed E-state index contributed by atoms with van der Waals surface area (Å²) in [6.45, 7) is 1.68. The Morgan fingerprint density at radius 3 is 1.80 bits per heavy atom. The number of carbonyl (C=O) groups is 1. The van der Waals surface area contributed by atoms with Crippen LogP contribution in [0, 0.1) is 29.1 Å². The molecule has 0 aliphatic rings. The van der Waals surface area contributed by atoms with E-state index in [1.54, 1.807) is 14.2 Å². The molecule has 0 amide bonds. The van der Waals surface area contributed by atoms with Crippen LogP contribution in [-0.4, -0.2) is 35.4 Å². The van der Waals surface area contributed by atoms with Gasteiger partial charge in [0.2, 0.25) is 5.82 Å². The van der Waals surface area contributed by atoms with Gasteiger partial charge in [-0.2, -0.15) is 0 Å². The Balaban J connectivity index is 2.65. The van der Waals surface area contributed by atoms with Crippen molar-refractivity contribution in [2.75, 3.05) is 20.8 Å². The summed E-state index contributed by atoms with van der Waals surface area (Å²) < 4.78 is 81.4. The third kappa shape index (κ3) is 4.76. The molecule has 142 valence electrons. The predicted molar refractivity (Wildman–Crippen MR) is 80.8 cm³/mol. The topological polar surface area (TPSA) is 44.8 Å². The predicted octanol–water partition coefficient (Wildman–Crippen LogP) is 4.07. The van der Waals surface area contributed by atoms with Gasteiger partial charge in [0, 0.05) is 14.2 Å². The molecule has 1 aromatic carbocycles. The molecule has 0 spiro atoms. The molecule has 0 unspecified atom stereocenters. The van der Waals surface area contributed by atoms with E-state index in [0.29, 0.717) is 24.9 Å². The highest BCUT2D eigenvalue weighted by molar-refractivity contribution is 6.67. The zero-order valence-electron chi connectivity index (χ0n) is 14.1. The van der Waals surface area contributed by atoms with Crippen LogP contribution in [0.25, 0.3) is 0 Å². The van der Waals surface area contributed by atoms with Gasteiger partial charge in [0.25, 0.3) is 0 Å². The minimum atomic E-state index is -2.33.